The molecule has 0 bridgehead atoms. The third-order valence-corrected chi connectivity index (χ3v) is 6.18. The predicted octanol–water partition coefficient (Wildman–Crippen LogP) is -1.36. The summed E-state index contributed by atoms with van der Waals surface area (Å²) in [6.45, 7) is 4.67. The molecule has 0 aliphatic carbocycles. The zero-order chi connectivity index (χ0) is 12.6. The molecule has 0 rings (SSSR count). The fourth-order valence-electron chi connectivity index (χ4n) is 1.21. The molecule has 0 aliphatic heterocycles. The first-order valence-corrected chi connectivity index (χ1v) is 10.3. The van der Waals surface area contributed by atoms with Gasteiger partial charge in [0, 0.05) is 0 Å². The van der Waals surface area contributed by atoms with Gasteiger partial charge in [-0.15, -0.1) is 0 Å². The van der Waals surface area contributed by atoms with Crippen LogP contribution in [0.25, 0.3) is 0 Å². The van der Waals surface area contributed by atoms with Crippen LogP contribution in [0.15, 0.2) is 0 Å². The molecule has 4 nitrogen and oxygen atoms in total. The SMILES string of the molecule is COCCOCC[CH2][Sn+2][CH2]CCOCCOC.[Cl-]. The molecule has 0 saturated heterocycles. The Balaban J connectivity index is 0. The second-order valence-electron chi connectivity index (χ2n) is 3.67. The van der Waals surface area contributed by atoms with Crippen molar-refractivity contribution in [2.75, 3.05) is 53.9 Å². The summed E-state index contributed by atoms with van der Waals surface area (Å²) in [5.41, 5.74) is 0. The van der Waals surface area contributed by atoms with Crippen LogP contribution < -0.4 is 12.4 Å². The normalized spacial score (nSPS) is 9.89. The van der Waals surface area contributed by atoms with Crippen LogP contribution in [0.1, 0.15) is 12.8 Å². The topological polar surface area (TPSA) is 36.9 Å². The molecule has 0 N–H and O–H groups in total. The molecule has 0 heterocycles. The minimum Gasteiger partial charge on any atom is -1.00 e. The number of ether oxygens (including phenoxy) is 4. The molecule has 0 unspecified atom stereocenters. The first kappa shape index (κ1) is 21.2. The van der Waals surface area contributed by atoms with Crippen LogP contribution in [-0.4, -0.2) is 75.0 Å². The van der Waals surface area contributed by atoms with E-state index in [0.29, 0.717) is 13.2 Å². The van der Waals surface area contributed by atoms with Crippen LogP contribution >= 0.6 is 0 Å². The number of rotatable bonds is 14. The number of halogens is 1. The van der Waals surface area contributed by atoms with E-state index in [-0.39, 0.29) is 33.5 Å². The van der Waals surface area contributed by atoms with Gasteiger partial charge in [-0.1, -0.05) is 0 Å². The molecule has 0 spiro atoms. The first-order chi connectivity index (χ1) is 8.41. The Hall–Kier alpha value is 0.929. The maximum Gasteiger partial charge on any atom is -1.00 e. The molecule has 18 heavy (non-hydrogen) atoms. The molecule has 0 radical (unpaired) electrons. The van der Waals surface area contributed by atoms with Gasteiger partial charge in [0.05, 0.1) is 0 Å². The van der Waals surface area contributed by atoms with Gasteiger partial charge in [-0.2, -0.15) is 0 Å². The smallest absolute Gasteiger partial charge is 1.00 e. The van der Waals surface area contributed by atoms with Gasteiger partial charge in [0.2, 0.25) is 0 Å². The van der Waals surface area contributed by atoms with Gasteiger partial charge in [-0.05, 0) is 0 Å². The monoisotopic (exact) mass is 389 g/mol. The number of hydrogen-bond donors (Lipinski definition) is 0. The Bertz CT molecular complexity index is 127. The second kappa shape index (κ2) is 20.3. The van der Waals surface area contributed by atoms with E-state index in [0.717, 1.165) is 26.4 Å². The molecule has 0 aromatic carbocycles. The van der Waals surface area contributed by atoms with E-state index in [1.54, 1.807) is 14.2 Å². The van der Waals surface area contributed by atoms with Crippen molar-refractivity contribution in [3.8, 4) is 0 Å². The van der Waals surface area contributed by atoms with Crippen molar-refractivity contribution in [1.29, 1.82) is 0 Å². The predicted molar refractivity (Wildman–Crippen MR) is 70.0 cm³/mol. The van der Waals surface area contributed by atoms with E-state index in [9.17, 15) is 0 Å². The summed E-state index contributed by atoms with van der Waals surface area (Å²) in [5.74, 6) is 0. The van der Waals surface area contributed by atoms with E-state index < -0.39 is 0 Å². The van der Waals surface area contributed by atoms with Crippen LogP contribution in [0, 0.1) is 0 Å². The van der Waals surface area contributed by atoms with Gasteiger partial charge in [0.25, 0.3) is 0 Å². The van der Waals surface area contributed by atoms with Crippen molar-refractivity contribution in [3.05, 3.63) is 0 Å². The van der Waals surface area contributed by atoms with Crippen LogP contribution in [0.5, 0.6) is 0 Å². The van der Waals surface area contributed by atoms with Gasteiger partial charge < -0.3 is 12.4 Å². The molecule has 0 aromatic rings. The minimum absolute atomic E-state index is 0. The quantitative estimate of drug-likeness (QED) is 0.272. The average Bonchev–Trinajstić information content (AvgIpc) is 2.35. The van der Waals surface area contributed by atoms with Gasteiger partial charge >= 0.3 is 116 Å². The Kier molecular flexibility index (Phi) is 23.9. The summed E-state index contributed by atoms with van der Waals surface area (Å²) in [7, 11) is 3.40. The van der Waals surface area contributed by atoms with Crippen LogP contribution in [-0.2, 0) is 18.9 Å². The third-order valence-electron chi connectivity index (χ3n) is 2.15. The van der Waals surface area contributed by atoms with Crippen molar-refractivity contribution in [2.45, 2.75) is 21.7 Å². The van der Waals surface area contributed by atoms with E-state index >= 15 is 0 Å². The Labute approximate surface area is 128 Å². The molecule has 108 valence electrons. The van der Waals surface area contributed by atoms with E-state index in [4.69, 9.17) is 18.9 Å². The van der Waals surface area contributed by atoms with Crippen LogP contribution in [0.3, 0.4) is 0 Å². The summed E-state index contributed by atoms with van der Waals surface area (Å²) in [4.78, 5) is 0. The summed E-state index contributed by atoms with van der Waals surface area (Å²) < 4.78 is 23.5. The van der Waals surface area contributed by atoms with Crippen molar-refractivity contribution >= 4 is 21.1 Å². The van der Waals surface area contributed by atoms with Crippen molar-refractivity contribution in [3.63, 3.8) is 0 Å². The molecule has 0 saturated carbocycles. The minimum atomic E-state index is -0.149. The standard InChI is InChI=1S/2C6H13O2.ClH.Sn/c2*1-3-4-8-6-5-7-2;;/h2*1,3-6H2,2H3;1H;/q;;;+2/p-1. The molecule has 0 atom stereocenters. The number of hydrogen-bond acceptors (Lipinski definition) is 4. The summed E-state index contributed by atoms with van der Waals surface area (Å²) in [6, 6.07) is 0. The summed E-state index contributed by atoms with van der Waals surface area (Å²) >= 11 is -0.149. The zero-order valence-corrected chi connectivity index (χ0v) is 15.2. The van der Waals surface area contributed by atoms with E-state index in [1.165, 1.54) is 21.7 Å². The van der Waals surface area contributed by atoms with Gasteiger partial charge in [0.1, 0.15) is 0 Å². The molecule has 0 aromatic heterocycles. The molecule has 0 amide bonds. The van der Waals surface area contributed by atoms with Gasteiger partial charge in [-0.3, -0.25) is 0 Å². The van der Waals surface area contributed by atoms with Crippen molar-refractivity contribution in [1.82, 2.24) is 0 Å². The fourth-order valence-corrected chi connectivity index (χ4v) is 4.18. The maximum absolute atomic E-state index is 5.41. The molecule has 0 aliphatic rings. The number of methoxy groups -OCH3 is 2. The molecule has 6 heteroatoms. The summed E-state index contributed by atoms with van der Waals surface area (Å²) in [5, 5.41) is 0. The largest absolute Gasteiger partial charge is 1.00 e. The van der Waals surface area contributed by atoms with E-state index in [1.807, 2.05) is 0 Å². The average molecular weight is 389 g/mol. The van der Waals surface area contributed by atoms with Crippen LogP contribution in [0.2, 0.25) is 8.87 Å². The Morgan fingerprint density at radius 1 is 0.667 bits per heavy atom. The van der Waals surface area contributed by atoms with Gasteiger partial charge in [0.15, 0.2) is 0 Å². The fraction of sp³-hybridized carbons (Fsp3) is 1.00. The second-order valence-corrected chi connectivity index (χ2v) is 7.95. The zero-order valence-electron chi connectivity index (χ0n) is 11.6. The molecular weight excluding hydrogens is 362 g/mol. The van der Waals surface area contributed by atoms with Crippen LogP contribution in [0.4, 0.5) is 0 Å². The Morgan fingerprint density at radius 3 is 1.50 bits per heavy atom. The molecular formula is C12H26ClO4Sn+. The Morgan fingerprint density at radius 2 is 1.11 bits per heavy atom. The third kappa shape index (κ3) is 19.3. The first-order valence-electron chi connectivity index (χ1n) is 6.26. The summed E-state index contributed by atoms with van der Waals surface area (Å²) in [6.07, 6.45) is 2.45. The van der Waals surface area contributed by atoms with Crippen molar-refractivity contribution < 1.29 is 31.4 Å². The maximum atomic E-state index is 5.41. The van der Waals surface area contributed by atoms with Gasteiger partial charge in [-0.25, -0.2) is 0 Å². The van der Waals surface area contributed by atoms with Crippen molar-refractivity contribution in [2.24, 2.45) is 0 Å². The van der Waals surface area contributed by atoms with E-state index in [2.05, 4.69) is 0 Å². The molecule has 0 fully saturated rings.